The van der Waals surface area contributed by atoms with E-state index in [1.807, 2.05) is 6.92 Å². The molecular weight excluding hydrogens is 510 g/mol. The van der Waals surface area contributed by atoms with Gasteiger partial charge in [0, 0.05) is 46.3 Å². The molecule has 0 saturated heterocycles. The summed E-state index contributed by atoms with van der Waals surface area (Å²) in [5.74, 6) is 2.89. The molecule has 226 valence electrons. The third-order valence-electron chi connectivity index (χ3n) is 9.08. The first kappa shape index (κ1) is 32.5. The quantitative estimate of drug-likeness (QED) is 0.241. The molecule has 0 aromatic heterocycles. The molecule has 0 spiro atoms. The van der Waals surface area contributed by atoms with Crippen molar-refractivity contribution in [3.63, 3.8) is 0 Å². The standard InChI is InChI=1S/C29H43NO6.C3H8O/c1-29-12-10-24-23-7-5-22(35-19-18-34-17-11-28(33)30-13-2-14-31)20-21(23)4-6-25(24)26(29)8-9-27(29)36-16-3-15-32;1-3-4-2/h5,7,14,20,24-27,32H,2-4,6,8-13,15-19H2,1H3,(H,30,33);3H2,1-2H3/t24?,25-,26?,27?,29?;/m0./s1. The van der Waals surface area contributed by atoms with E-state index in [0.29, 0.717) is 51.4 Å². The number of carbonyl (C=O) groups excluding carboxylic acids is 2. The second-order valence-corrected chi connectivity index (χ2v) is 11.4. The molecule has 40 heavy (non-hydrogen) atoms. The number of methoxy groups -OCH3 is 1. The SMILES string of the molecule is CC12CCC3c4ccc(OCCOCCC(=O)NCCC=O)cc4CC[C@@H]3C1CCC2OCCCO.CCOC. The molecule has 2 saturated carbocycles. The molecule has 4 rings (SSSR count). The van der Waals surface area contributed by atoms with Crippen molar-refractivity contribution in [2.75, 3.05) is 53.3 Å². The summed E-state index contributed by atoms with van der Waals surface area (Å²) < 4.78 is 22.3. The highest BCUT2D eigenvalue weighted by molar-refractivity contribution is 5.76. The zero-order chi connectivity index (χ0) is 28.8. The van der Waals surface area contributed by atoms with Crippen LogP contribution >= 0.6 is 0 Å². The van der Waals surface area contributed by atoms with Crippen LogP contribution in [-0.2, 0) is 30.2 Å². The first-order chi connectivity index (χ1) is 19.5. The summed E-state index contributed by atoms with van der Waals surface area (Å²) in [7, 11) is 1.68. The minimum Gasteiger partial charge on any atom is -0.491 e. The van der Waals surface area contributed by atoms with Crippen LogP contribution in [0.5, 0.6) is 5.75 Å². The van der Waals surface area contributed by atoms with Gasteiger partial charge in [0.2, 0.25) is 5.91 Å². The Kier molecular flexibility index (Phi) is 13.9. The van der Waals surface area contributed by atoms with Gasteiger partial charge in [0.25, 0.3) is 0 Å². The summed E-state index contributed by atoms with van der Waals surface area (Å²) >= 11 is 0. The van der Waals surface area contributed by atoms with Gasteiger partial charge in [-0.2, -0.15) is 0 Å². The largest absolute Gasteiger partial charge is 0.491 e. The van der Waals surface area contributed by atoms with Gasteiger partial charge in [-0.25, -0.2) is 0 Å². The normalized spacial score (nSPS) is 26.5. The Bertz CT molecular complexity index is 907. The maximum absolute atomic E-state index is 11.6. The predicted molar refractivity (Wildman–Crippen MR) is 155 cm³/mol. The van der Waals surface area contributed by atoms with Crippen molar-refractivity contribution in [1.82, 2.24) is 5.32 Å². The minimum atomic E-state index is -0.101. The highest BCUT2D eigenvalue weighted by atomic mass is 16.5. The van der Waals surface area contributed by atoms with Gasteiger partial charge in [-0.05, 0) is 98.3 Å². The second-order valence-electron chi connectivity index (χ2n) is 11.4. The number of hydrogen-bond donors (Lipinski definition) is 2. The van der Waals surface area contributed by atoms with Gasteiger partial charge in [-0.1, -0.05) is 13.0 Å². The lowest BCUT2D eigenvalue weighted by Gasteiger charge is -2.50. The van der Waals surface area contributed by atoms with Gasteiger partial charge in [0.1, 0.15) is 18.6 Å². The molecule has 0 bridgehead atoms. The lowest BCUT2D eigenvalue weighted by Crippen LogP contribution is -2.44. The number of hydrogen-bond acceptors (Lipinski definition) is 7. The van der Waals surface area contributed by atoms with Crippen LogP contribution in [0, 0.1) is 17.3 Å². The van der Waals surface area contributed by atoms with Crippen molar-refractivity contribution in [2.24, 2.45) is 17.3 Å². The maximum Gasteiger partial charge on any atom is 0.222 e. The average molecular weight is 562 g/mol. The van der Waals surface area contributed by atoms with Crippen LogP contribution in [-0.4, -0.2) is 76.7 Å². The molecule has 5 atom stereocenters. The van der Waals surface area contributed by atoms with E-state index >= 15 is 0 Å². The van der Waals surface area contributed by atoms with E-state index in [1.54, 1.807) is 7.11 Å². The molecule has 0 aliphatic heterocycles. The van der Waals surface area contributed by atoms with Crippen LogP contribution in [0.25, 0.3) is 0 Å². The molecule has 1 aromatic rings. The van der Waals surface area contributed by atoms with E-state index < -0.39 is 0 Å². The lowest BCUT2D eigenvalue weighted by molar-refractivity contribution is -0.122. The maximum atomic E-state index is 11.6. The minimum absolute atomic E-state index is 0.101. The van der Waals surface area contributed by atoms with Crippen molar-refractivity contribution >= 4 is 12.2 Å². The van der Waals surface area contributed by atoms with Crippen molar-refractivity contribution in [1.29, 1.82) is 0 Å². The van der Waals surface area contributed by atoms with Gasteiger partial charge in [0.15, 0.2) is 0 Å². The lowest BCUT2D eigenvalue weighted by atomic mass is 9.55. The molecule has 1 amide bonds. The third kappa shape index (κ3) is 8.75. The van der Waals surface area contributed by atoms with Crippen LogP contribution in [0.4, 0.5) is 0 Å². The summed E-state index contributed by atoms with van der Waals surface area (Å²) in [4.78, 5) is 21.9. The van der Waals surface area contributed by atoms with Crippen molar-refractivity contribution in [3.8, 4) is 5.75 Å². The van der Waals surface area contributed by atoms with E-state index in [1.165, 1.54) is 36.8 Å². The zero-order valence-electron chi connectivity index (χ0n) is 24.8. The number of fused-ring (bicyclic) bond motifs is 5. The molecule has 3 aliphatic carbocycles. The van der Waals surface area contributed by atoms with E-state index in [2.05, 4.69) is 35.2 Å². The second kappa shape index (κ2) is 17.1. The van der Waals surface area contributed by atoms with Crippen molar-refractivity contribution in [3.05, 3.63) is 29.3 Å². The Labute approximate surface area is 240 Å². The van der Waals surface area contributed by atoms with Crippen LogP contribution in [0.15, 0.2) is 18.2 Å². The number of carbonyl (C=O) groups is 2. The van der Waals surface area contributed by atoms with E-state index in [0.717, 1.165) is 49.7 Å². The fourth-order valence-corrected chi connectivity index (χ4v) is 7.01. The smallest absolute Gasteiger partial charge is 0.222 e. The number of aryl methyl sites for hydroxylation is 1. The molecule has 8 heteroatoms. The number of aliphatic hydroxyl groups is 1. The number of aldehydes is 1. The number of rotatable bonds is 15. The number of benzene rings is 1. The van der Waals surface area contributed by atoms with Gasteiger partial charge in [-0.15, -0.1) is 0 Å². The topological polar surface area (TPSA) is 103 Å². The molecule has 3 aliphatic rings. The number of nitrogens with one attached hydrogen (secondary N) is 1. The Morgan fingerprint density at radius 2 is 1.98 bits per heavy atom. The van der Waals surface area contributed by atoms with Crippen LogP contribution < -0.4 is 10.1 Å². The third-order valence-corrected chi connectivity index (χ3v) is 9.08. The fraction of sp³-hybridized carbons (Fsp3) is 0.750. The molecule has 8 nitrogen and oxygen atoms in total. The van der Waals surface area contributed by atoms with Crippen molar-refractivity contribution < 1.29 is 33.6 Å². The van der Waals surface area contributed by atoms with Crippen LogP contribution in [0.1, 0.15) is 82.3 Å². The van der Waals surface area contributed by atoms with E-state index in [-0.39, 0.29) is 24.3 Å². The summed E-state index contributed by atoms with van der Waals surface area (Å²) in [6.07, 6.45) is 9.68. The predicted octanol–water partition coefficient (Wildman–Crippen LogP) is 4.45. The molecule has 0 heterocycles. The summed E-state index contributed by atoms with van der Waals surface area (Å²) in [5.41, 5.74) is 3.22. The molecule has 4 unspecified atom stereocenters. The van der Waals surface area contributed by atoms with Gasteiger partial charge in [0.05, 0.1) is 19.3 Å². The first-order valence-electron chi connectivity index (χ1n) is 15.2. The Morgan fingerprint density at radius 1 is 1.15 bits per heavy atom. The van der Waals surface area contributed by atoms with E-state index in [4.69, 9.17) is 19.3 Å². The summed E-state index contributed by atoms with van der Waals surface area (Å²) in [6, 6.07) is 6.61. The summed E-state index contributed by atoms with van der Waals surface area (Å²) in [6.45, 7) is 7.73. The monoisotopic (exact) mass is 561 g/mol. The van der Waals surface area contributed by atoms with Gasteiger partial charge in [-0.3, -0.25) is 4.79 Å². The molecule has 0 radical (unpaired) electrons. The Balaban J connectivity index is 0.00000103. The average Bonchev–Trinajstić information content (AvgIpc) is 3.31. The molecular formula is C32H51NO7. The highest BCUT2D eigenvalue weighted by Gasteiger charge is 2.55. The highest BCUT2D eigenvalue weighted by Crippen LogP contribution is 2.61. The number of ether oxygens (including phenoxy) is 4. The molecule has 2 N–H and O–H groups in total. The van der Waals surface area contributed by atoms with Crippen molar-refractivity contribution in [2.45, 2.75) is 83.7 Å². The number of amides is 1. The van der Waals surface area contributed by atoms with Crippen LogP contribution in [0.2, 0.25) is 0 Å². The fourth-order valence-electron chi connectivity index (χ4n) is 7.01. The Morgan fingerprint density at radius 3 is 2.73 bits per heavy atom. The summed E-state index contributed by atoms with van der Waals surface area (Å²) in [5, 5.41) is 11.8. The molecule has 1 aromatic carbocycles. The molecule has 2 fully saturated rings. The van der Waals surface area contributed by atoms with E-state index in [9.17, 15) is 9.59 Å². The van der Waals surface area contributed by atoms with Gasteiger partial charge < -0.3 is 34.2 Å². The number of aliphatic hydroxyl groups excluding tert-OH is 1. The van der Waals surface area contributed by atoms with Crippen LogP contribution in [0.3, 0.4) is 0 Å². The first-order valence-corrected chi connectivity index (χ1v) is 15.2. The van der Waals surface area contributed by atoms with Gasteiger partial charge >= 0.3 is 0 Å². The Hall–Kier alpha value is -2.00. The zero-order valence-corrected chi connectivity index (χ0v) is 24.8.